The second kappa shape index (κ2) is 6.03. The summed E-state index contributed by atoms with van der Waals surface area (Å²) in [5, 5.41) is -1.16. The van der Waals surface area contributed by atoms with Gasteiger partial charge in [0.1, 0.15) is 5.70 Å². The standard InChI is InChI=1S/C12H12BrF9N/c1-3-4-9(13)8(14)6(2)5-7(23(9)22)10(15,11(16,17)18)12(19,20)21/h5-6H,3-4H2,1-2H3. The van der Waals surface area contributed by atoms with Gasteiger partial charge in [-0.25, -0.2) is 8.78 Å². The summed E-state index contributed by atoms with van der Waals surface area (Å²) in [6.07, 6.45) is -14.8. The normalized spacial score (nSPS) is 28.1. The Morgan fingerprint density at radius 3 is 1.91 bits per heavy atom. The molecule has 0 aromatic rings. The van der Waals surface area contributed by atoms with Gasteiger partial charge in [0.2, 0.25) is 0 Å². The first kappa shape index (κ1) is 20.4. The van der Waals surface area contributed by atoms with Crippen LogP contribution in [0.15, 0.2) is 11.8 Å². The van der Waals surface area contributed by atoms with E-state index in [1.165, 1.54) is 6.92 Å². The molecule has 2 atom stereocenters. The summed E-state index contributed by atoms with van der Waals surface area (Å²) in [6.45, 7) is 2.31. The Bertz CT molecular complexity index is 458. The predicted octanol–water partition coefficient (Wildman–Crippen LogP) is 5.93. The average molecular weight is 421 g/mol. The summed E-state index contributed by atoms with van der Waals surface area (Å²) in [4.78, 5) is 0. The lowest BCUT2D eigenvalue weighted by Gasteiger charge is -2.46. The van der Waals surface area contributed by atoms with Crippen LogP contribution in [0.3, 0.4) is 0 Å². The smallest absolute Gasteiger partial charge is 0.236 e. The fourth-order valence-electron chi connectivity index (χ4n) is 2.26. The molecule has 0 fully saturated rings. The van der Waals surface area contributed by atoms with E-state index in [0.717, 1.165) is 6.92 Å². The van der Waals surface area contributed by atoms with Crippen molar-refractivity contribution in [2.75, 3.05) is 0 Å². The summed E-state index contributed by atoms with van der Waals surface area (Å²) >= 11 is 2.49. The van der Waals surface area contributed by atoms with Crippen LogP contribution in [-0.2, 0) is 0 Å². The molecule has 0 N–H and O–H groups in total. The van der Waals surface area contributed by atoms with E-state index in [0.29, 0.717) is 0 Å². The molecule has 0 spiro atoms. The zero-order valence-electron chi connectivity index (χ0n) is 11.8. The molecule has 0 saturated carbocycles. The molecule has 2 unspecified atom stereocenters. The van der Waals surface area contributed by atoms with E-state index in [1.807, 2.05) is 0 Å². The minimum absolute atomic E-state index is 0.0103. The van der Waals surface area contributed by atoms with Crippen molar-refractivity contribution in [2.24, 2.45) is 5.92 Å². The van der Waals surface area contributed by atoms with E-state index in [4.69, 9.17) is 0 Å². The lowest BCUT2D eigenvalue weighted by Crippen LogP contribution is -2.61. The quantitative estimate of drug-likeness (QED) is 0.236. The molecule has 0 aliphatic carbocycles. The van der Waals surface area contributed by atoms with E-state index in [1.54, 1.807) is 0 Å². The number of hydrogen-bond acceptors (Lipinski definition) is 1. The third-order valence-electron chi connectivity index (χ3n) is 3.41. The summed E-state index contributed by atoms with van der Waals surface area (Å²) < 4.78 is 116. The fraction of sp³-hybridized carbons (Fsp3) is 0.750. The maximum absolute atomic E-state index is 14.3. The first-order valence-corrected chi connectivity index (χ1v) is 7.16. The van der Waals surface area contributed by atoms with E-state index in [2.05, 4.69) is 15.9 Å². The van der Waals surface area contributed by atoms with Crippen LogP contribution < -0.4 is 0 Å². The van der Waals surface area contributed by atoms with Crippen molar-refractivity contribution in [2.45, 2.75) is 49.2 Å². The van der Waals surface area contributed by atoms with Crippen molar-refractivity contribution in [1.29, 1.82) is 0 Å². The summed E-state index contributed by atoms with van der Waals surface area (Å²) in [5.41, 5.74) is -8.30. The molecular formula is C12H12BrF9N. The van der Waals surface area contributed by atoms with Gasteiger partial charge in [0.25, 0.3) is 0 Å². The number of nitrogens with zero attached hydrogens (tertiary/aromatic N) is 1. The van der Waals surface area contributed by atoms with E-state index in [9.17, 15) is 39.6 Å². The lowest BCUT2D eigenvalue weighted by molar-refractivity contribution is -0.337. The van der Waals surface area contributed by atoms with E-state index in [-0.39, 0.29) is 12.5 Å². The highest BCUT2D eigenvalue weighted by molar-refractivity contribution is 9.10. The number of allylic oxidation sites excluding steroid dienone is 2. The predicted molar refractivity (Wildman–Crippen MR) is 67.1 cm³/mol. The van der Waals surface area contributed by atoms with Gasteiger partial charge in [-0.1, -0.05) is 46.8 Å². The summed E-state index contributed by atoms with van der Waals surface area (Å²) in [6, 6.07) is 0. The molecule has 23 heavy (non-hydrogen) atoms. The molecule has 1 rings (SSSR count). The Balaban J connectivity index is 3.58. The highest BCUT2D eigenvalue weighted by atomic mass is 79.9. The van der Waals surface area contributed by atoms with Gasteiger partial charge >= 0.3 is 18.0 Å². The van der Waals surface area contributed by atoms with Gasteiger partial charge in [-0.2, -0.15) is 31.5 Å². The molecule has 11 heteroatoms. The maximum Gasteiger partial charge on any atom is 0.437 e. The summed E-state index contributed by atoms with van der Waals surface area (Å²) in [7, 11) is 0. The minimum Gasteiger partial charge on any atom is -0.236 e. The van der Waals surface area contributed by atoms with Crippen molar-refractivity contribution in [3.63, 3.8) is 0 Å². The van der Waals surface area contributed by atoms with Crippen molar-refractivity contribution < 1.29 is 39.6 Å². The molecule has 0 bridgehead atoms. The molecule has 1 radical (unpaired) electrons. The number of halogens is 10. The highest BCUT2D eigenvalue weighted by Gasteiger charge is 2.77. The minimum atomic E-state index is -6.48. The van der Waals surface area contributed by atoms with Gasteiger partial charge in [0, 0.05) is 5.92 Å². The second-order valence-electron chi connectivity index (χ2n) is 5.13. The molecule has 1 nitrogen and oxygen atoms in total. The molecule has 0 aromatic heterocycles. The first-order chi connectivity index (χ1) is 10.1. The van der Waals surface area contributed by atoms with Crippen molar-refractivity contribution >= 4 is 15.9 Å². The number of rotatable bonds is 3. The molecule has 1 aliphatic rings. The first-order valence-electron chi connectivity index (χ1n) is 6.37. The Morgan fingerprint density at radius 1 is 1.13 bits per heavy atom. The largest absolute Gasteiger partial charge is 0.437 e. The topological polar surface area (TPSA) is 3.24 Å². The van der Waals surface area contributed by atoms with Crippen LogP contribution in [0.1, 0.15) is 26.7 Å². The Labute approximate surface area is 134 Å². The van der Waals surface area contributed by atoms with Gasteiger partial charge < -0.3 is 0 Å². The van der Waals surface area contributed by atoms with Gasteiger partial charge in [0.15, 0.2) is 10.6 Å². The summed E-state index contributed by atoms with van der Waals surface area (Å²) in [5.74, 6) is -1.65. The zero-order valence-corrected chi connectivity index (χ0v) is 13.4. The lowest BCUT2D eigenvalue weighted by atomic mass is 9.86. The SMILES string of the molecule is CCCC1(Br)[C](F)C(C)C=C(C(F)(C(F)(F)F)C(F)(F)F)N1F. The zero-order chi connectivity index (χ0) is 18.4. The number of hydrogen-bond donors (Lipinski definition) is 0. The number of alkyl halides is 8. The van der Waals surface area contributed by atoms with Crippen molar-refractivity contribution in [1.82, 2.24) is 5.12 Å². The Hall–Kier alpha value is -0.610. The van der Waals surface area contributed by atoms with Crippen LogP contribution in [0, 0.1) is 12.1 Å². The van der Waals surface area contributed by atoms with Gasteiger partial charge in [0.05, 0.1) is 0 Å². The van der Waals surface area contributed by atoms with Crippen LogP contribution >= 0.6 is 15.9 Å². The van der Waals surface area contributed by atoms with Crippen LogP contribution in [-0.4, -0.2) is 27.6 Å². The highest BCUT2D eigenvalue weighted by Crippen LogP contribution is 2.58. The molecular weight excluding hydrogens is 409 g/mol. The second-order valence-corrected chi connectivity index (χ2v) is 6.44. The molecule has 135 valence electrons. The molecule has 0 aromatic carbocycles. The van der Waals surface area contributed by atoms with Crippen LogP contribution in [0.2, 0.25) is 0 Å². The fourth-order valence-corrected chi connectivity index (χ4v) is 3.21. The average Bonchev–Trinajstić information content (AvgIpc) is 2.38. The maximum atomic E-state index is 14.3. The molecule has 1 heterocycles. The van der Waals surface area contributed by atoms with Crippen LogP contribution in [0.5, 0.6) is 0 Å². The molecule has 1 aliphatic heterocycles. The molecule has 0 amide bonds. The van der Waals surface area contributed by atoms with Gasteiger partial charge in [-0.15, -0.1) is 0 Å². The van der Waals surface area contributed by atoms with E-state index >= 15 is 0 Å². The third-order valence-corrected chi connectivity index (χ3v) is 4.50. The van der Waals surface area contributed by atoms with Gasteiger partial charge in [-0.05, 0) is 6.42 Å². The van der Waals surface area contributed by atoms with Gasteiger partial charge in [-0.3, -0.25) is 0 Å². The molecule has 0 saturated heterocycles. The van der Waals surface area contributed by atoms with Crippen LogP contribution in [0.4, 0.5) is 39.6 Å². The van der Waals surface area contributed by atoms with Crippen molar-refractivity contribution in [3.05, 3.63) is 17.9 Å². The Morgan fingerprint density at radius 2 is 1.57 bits per heavy atom. The third kappa shape index (κ3) is 3.05. The monoisotopic (exact) mass is 420 g/mol. The Kier molecular flexibility index (Phi) is 5.36. The van der Waals surface area contributed by atoms with E-state index < -0.39 is 51.8 Å². The van der Waals surface area contributed by atoms with Crippen LogP contribution in [0.25, 0.3) is 0 Å². The van der Waals surface area contributed by atoms with Crippen molar-refractivity contribution in [3.8, 4) is 0 Å².